The maximum atomic E-state index is 5.96. The predicted octanol–water partition coefficient (Wildman–Crippen LogP) is 8.27. The van der Waals surface area contributed by atoms with Crippen molar-refractivity contribution in [3.05, 3.63) is 35.9 Å². The summed E-state index contributed by atoms with van der Waals surface area (Å²) in [7, 11) is 0. The van der Waals surface area contributed by atoms with Crippen molar-refractivity contribution in [3.63, 3.8) is 0 Å². The molecular formula is C31H54O4. The average Bonchev–Trinajstić information content (AvgIpc) is 3.71. The Bertz CT molecular complexity index is 560. The molecular weight excluding hydrogens is 436 g/mol. The Kier molecular flexibility index (Phi) is 19.3. The number of hydrogen-bond acceptors (Lipinski definition) is 4. The molecule has 0 N–H and O–H groups in total. The molecule has 1 saturated heterocycles. The topological polar surface area (TPSA) is 40.2 Å². The highest BCUT2D eigenvalue weighted by Gasteiger charge is 2.24. The van der Waals surface area contributed by atoms with Gasteiger partial charge in [0.1, 0.15) is 12.2 Å². The molecule has 2 rings (SSSR count). The van der Waals surface area contributed by atoms with Crippen LogP contribution >= 0.6 is 0 Å². The third-order valence-corrected chi connectivity index (χ3v) is 6.78. The van der Waals surface area contributed by atoms with Gasteiger partial charge in [0.05, 0.1) is 33.0 Å². The van der Waals surface area contributed by atoms with Crippen LogP contribution in [0.15, 0.2) is 30.3 Å². The fourth-order valence-electron chi connectivity index (χ4n) is 4.40. The fraction of sp³-hybridized carbons (Fsp3) is 0.806. The standard InChI is InChI=1S/C31H54O4/c1-2-3-4-5-6-7-8-9-10-11-12-13-14-15-16-20-23-32-25-30(34-27-31-28-35-31)26-33-24-29-21-18-17-19-22-29/h17-19,21-22,30-31H,2-16,20,23-28H2,1H3. The van der Waals surface area contributed by atoms with Crippen molar-refractivity contribution in [2.24, 2.45) is 0 Å². The highest BCUT2D eigenvalue weighted by atomic mass is 16.6. The van der Waals surface area contributed by atoms with Crippen LogP contribution in [0.5, 0.6) is 0 Å². The molecule has 2 unspecified atom stereocenters. The van der Waals surface area contributed by atoms with Crippen molar-refractivity contribution in [1.29, 1.82) is 0 Å². The lowest BCUT2D eigenvalue weighted by Gasteiger charge is -2.18. The Balaban J connectivity index is 1.34. The van der Waals surface area contributed by atoms with E-state index in [2.05, 4.69) is 19.1 Å². The third-order valence-electron chi connectivity index (χ3n) is 6.78. The van der Waals surface area contributed by atoms with Crippen molar-refractivity contribution in [1.82, 2.24) is 0 Å². The van der Waals surface area contributed by atoms with Gasteiger partial charge in [0.2, 0.25) is 0 Å². The summed E-state index contributed by atoms with van der Waals surface area (Å²) in [5, 5.41) is 0. The van der Waals surface area contributed by atoms with Crippen LogP contribution in [0.1, 0.15) is 115 Å². The second kappa shape index (κ2) is 22.3. The minimum absolute atomic E-state index is 0.0241. The largest absolute Gasteiger partial charge is 0.379 e. The van der Waals surface area contributed by atoms with E-state index in [-0.39, 0.29) is 12.2 Å². The molecule has 0 radical (unpaired) electrons. The second-order valence-electron chi connectivity index (χ2n) is 10.3. The van der Waals surface area contributed by atoms with E-state index in [4.69, 9.17) is 18.9 Å². The lowest BCUT2D eigenvalue weighted by Crippen LogP contribution is -2.27. The Morgan fingerprint density at radius 2 is 1.23 bits per heavy atom. The van der Waals surface area contributed by atoms with Gasteiger partial charge in [-0.05, 0) is 12.0 Å². The molecule has 0 aromatic heterocycles. The molecule has 2 atom stereocenters. The van der Waals surface area contributed by atoms with Crippen LogP contribution in [0.3, 0.4) is 0 Å². The van der Waals surface area contributed by atoms with Gasteiger partial charge in [-0.25, -0.2) is 0 Å². The molecule has 1 aliphatic rings. The van der Waals surface area contributed by atoms with Crippen LogP contribution in [0, 0.1) is 0 Å². The van der Waals surface area contributed by atoms with Gasteiger partial charge in [0, 0.05) is 6.61 Å². The zero-order valence-electron chi connectivity index (χ0n) is 22.7. The van der Waals surface area contributed by atoms with Crippen molar-refractivity contribution >= 4 is 0 Å². The summed E-state index contributed by atoms with van der Waals surface area (Å²) in [6.07, 6.45) is 22.5. The van der Waals surface area contributed by atoms with Crippen LogP contribution in [0.4, 0.5) is 0 Å². The van der Waals surface area contributed by atoms with E-state index >= 15 is 0 Å². The Morgan fingerprint density at radius 1 is 0.714 bits per heavy atom. The van der Waals surface area contributed by atoms with E-state index in [1.165, 1.54) is 102 Å². The smallest absolute Gasteiger partial charge is 0.104 e. The first-order valence-corrected chi connectivity index (χ1v) is 14.8. The first kappa shape index (κ1) is 30.3. The zero-order valence-corrected chi connectivity index (χ0v) is 22.7. The molecule has 0 amide bonds. The highest BCUT2D eigenvalue weighted by Crippen LogP contribution is 2.14. The molecule has 4 heteroatoms. The van der Waals surface area contributed by atoms with E-state index in [1.54, 1.807) is 0 Å². The number of benzene rings is 1. The van der Waals surface area contributed by atoms with E-state index in [1.807, 2.05) is 18.2 Å². The van der Waals surface area contributed by atoms with Crippen LogP contribution in [-0.2, 0) is 25.6 Å². The second-order valence-corrected chi connectivity index (χ2v) is 10.3. The lowest BCUT2D eigenvalue weighted by atomic mass is 10.0. The third kappa shape index (κ3) is 18.9. The van der Waals surface area contributed by atoms with Crippen LogP contribution in [0.2, 0.25) is 0 Å². The summed E-state index contributed by atoms with van der Waals surface area (Å²) in [6.45, 7) is 6.33. The monoisotopic (exact) mass is 490 g/mol. The van der Waals surface area contributed by atoms with Gasteiger partial charge in [-0.2, -0.15) is 0 Å². The normalized spacial score (nSPS) is 16.0. The Morgan fingerprint density at radius 3 is 1.77 bits per heavy atom. The van der Waals surface area contributed by atoms with Gasteiger partial charge < -0.3 is 18.9 Å². The van der Waals surface area contributed by atoms with Gasteiger partial charge in [-0.1, -0.05) is 134 Å². The number of unbranched alkanes of at least 4 members (excludes halogenated alkanes) is 15. The molecule has 4 nitrogen and oxygen atoms in total. The van der Waals surface area contributed by atoms with Gasteiger partial charge in [0.25, 0.3) is 0 Å². The summed E-state index contributed by atoms with van der Waals surface area (Å²) >= 11 is 0. The number of hydrogen-bond donors (Lipinski definition) is 0. The maximum absolute atomic E-state index is 5.96. The van der Waals surface area contributed by atoms with E-state index in [0.29, 0.717) is 26.4 Å². The minimum Gasteiger partial charge on any atom is -0.379 e. The highest BCUT2D eigenvalue weighted by molar-refractivity contribution is 5.13. The molecule has 0 saturated carbocycles. The molecule has 0 aliphatic carbocycles. The summed E-state index contributed by atoms with van der Waals surface area (Å²) in [5.74, 6) is 0. The first-order valence-electron chi connectivity index (χ1n) is 14.8. The Labute approximate surface area is 216 Å². The fourth-order valence-corrected chi connectivity index (χ4v) is 4.40. The molecule has 1 aromatic rings. The molecule has 35 heavy (non-hydrogen) atoms. The molecule has 1 heterocycles. The summed E-state index contributed by atoms with van der Waals surface area (Å²) in [6, 6.07) is 10.3. The van der Waals surface area contributed by atoms with Crippen molar-refractivity contribution < 1.29 is 18.9 Å². The number of rotatable bonds is 26. The van der Waals surface area contributed by atoms with E-state index in [9.17, 15) is 0 Å². The van der Waals surface area contributed by atoms with Gasteiger partial charge in [-0.15, -0.1) is 0 Å². The van der Waals surface area contributed by atoms with E-state index in [0.717, 1.165) is 19.6 Å². The molecule has 0 spiro atoms. The molecule has 0 bridgehead atoms. The minimum atomic E-state index is -0.0241. The summed E-state index contributed by atoms with van der Waals surface area (Å²) < 4.78 is 23.0. The van der Waals surface area contributed by atoms with Crippen LogP contribution < -0.4 is 0 Å². The molecule has 202 valence electrons. The SMILES string of the molecule is CCCCCCCCCCCCCCCCCCOCC(COCc1ccccc1)OCC1CO1. The van der Waals surface area contributed by atoms with Crippen LogP contribution in [-0.4, -0.2) is 45.2 Å². The zero-order chi connectivity index (χ0) is 24.7. The maximum Gasteiger partial charge on any atom is 0.104 e. The Hall–Kier alpha value is -0.940. The number of epoxide rings is 1. The average molecular weight is 491 g/mol. The van der Waals surface area contributed by atoms with Crippen molar-refractivity contribution in [2.75, 3.05) is 33.0 Å². The van der Waals surface area contributed by atoms with Gasteiger partial charge in [-0.3, -0.25) is 0 Å². The predicted molar refractivity (Wildman–Crippen MR) is 146 cm³/mol. The molecule has 1 aliphatic heterocycles. The molecule has 1 fully saturated rings. The van der Waals surface area contributed by atoms with Gasteiger partial charge >= 0.3 is 0 Å². The summed E-state index contributed by atoms with van der Waals surface area (Å²) in [4.78, 5) is 0. The van der Waals surface area contributed by atoms with E-state index < -0.39 is 0 Å². The quantitative estimate of drug-likeness (QED) is 0.0968. The lowest BCUT2D eigenvalue weighted by molar-refractivity contribution is -0.0667. The van der Waals surface area contributed by atoms with Gasteiger partial charge in [0.15, 0.2) is 0 Å². The van der Waals surface area contributed by atoms with Crippen LogP contribution in [0.25, 0.3) is 0 Å². The first-order chi connectivity index (χ1) is 17.4. The molecule has 1 aromatic carbocycles. The van der Waals surface area contributed by atoms with Crippen molar-refractivity contribution in [3.8, 4) is 0 Å². The summed E-state index contributed by atoms with van der Waals surface area (Å²) in [5.41, 5.74) is 1.19. The number of ether oxygens (including phenoxy) is 4. The van der Waals surface area contributed by atoms with Crippen molar-refractivity contribution in [2.45, 2.75) is 128 Å².